The lowest BCUT2D eigenvalue weighted by molar-refractivity contribution is 0.246. The highest BCUT2D eigenvalue weighted by atomic mass is 32.2. The molecule has 0 fully saturated rings. The quantitative estimate of drug-likeness (QED) is 0.219. The summed E-state index contributed by atoms with van der Waals surface area (Å²) in [5.74, 6) is 0.962. The highest BCUT2D eigenvalue weighted by molar-refractivity contribution is 7.90. The third-order valence-electron chi connectivity index (χ3n) is 6.26. The summed E-state index contributed by atoms with van der Waals surface area (Å²) in [6, 6.07) is 15.6. The number of unbranched alkanes of at least 4 members (excludes halogenated alkanes) is 1. The minimum absolute atomic E-state index is 0.0459. The molecule has 0 atom stereocenters. The first-order valence-electron chi connectivity index (χ1n) is 12.6. The van der Waals surface area contributed by atoms with Crippen LogP contribution in [0.15, 0.2) is 72.1 Å². The lowest BCUT2D eigenvalue weighted by Crippen LogP contribution is -2.40. The fraction of sp³-hybridized carbons (Fsp3) is 0.276. The average Bonchev–Trinajstić information content (AvgIpc) is 3.23. The molecule has 198 valence electrons. The Morgan fingerprint density at radius 2 is 1.71 bits per heavy atom. The normalized spacial score (nSPS) is 11.4. The number of carbonyl (C=O) groups excluding carboxylic acids is 1. The molecule has 38 heavy (non-hydrogen) atoms. The molecule has 0 aliphatic rings. The van der Waals surface area contributed by atoms with Gasteiger partial charge in [-0.1, -0.05) is 35.9 Å². The first-order valence-corrected chi connectivity index (χ1v) is 14.1. The minimum atomic E-state index is -3.92. The zero-order chi connectivity index (χ0) is 27.3. The molecule has 2 heterocycles. The number of hydrogen-bond acceptors (Lipinski definition) is 5. The van der Waals surface area contributed by atoms with Crippen LogP contribution in [0.5, 0.6) is 0 Å². The second-order valence-corrected chi connectivity index (χ2v) is 11.1. The Labute approximate surface area is 223 Å². The van der Waals surface area contributed by atoms with E-state index in [4.69, 9.17) is 9.97 Å². The predicted octanol–water partition coefficient (Wildman–Crippen LogP) is 5.09. The number of aromatic nitrogens is 3. The van der Waals surface area contributed by atoms with Crippen LogP contribution in [-0.4, -0.2) is 35.5 Å². The van der Waals surface area contributed by atoms with Gasteiger partial charge >= 0.3 is 6.03 Å². The molecular formula is C29H33N5O3S. The predicted molar refractivity (Wildman–Crippen MR) is 150 cm³/mol. The molecule has 2 aromatic heterocycles. The van der Waals surface area contributed by atoms with Gasteiger partial charge in [-0.2, -0.15) is 0 Å². The number of nitrogens with one attached hydrogen (secondary N) is 2. The lowest BCUT2D eigenvalue weighted by Gasteiger charge is -2.11. The number of sulfonamides is 1. The Hall–Kier alpha value is -3.98. The number of fused-ring (bicyclic) bond motifs is 1. The number of nitrogens with zero attached hydrogens (tertiary/aromatic N) is 3. The molecule has 0 radical (unpaired) electrons. The molecule has 9 heteroatoms. The van der Waals surface area contributed by atoms with E-state index in [-0.39, 0.29) is 11.4 Å². The molecule has 0 spiro atoms. The van der Waals surface area contributed by atoms with E-state index in [2.05, 4.69) is 28.1 Å². The average molecular weight is 532 g/mol. The van der Waals surface area contributed by atoms with Crippen LogP contribution < -0.4 is 10.0 Å². The largest absolute Gasteiger partial charge is 0.337 e. The summed E-state index contributed by atoms with van der Waals surface area (Å²) in [4.78, 5) is 21.9. The first kappa shape index (κ1) is 27.1. The molecule has 0 saturated heterocycles. The Morgan fingerprint density at radius 3 is 2.39 bits per heavy atom. The van der Waals surface area contributed by atoms with Gasteiger partial charge in [0.25, 0.3) is 10.0 Å². The van der Waals surface area contributed by atoms with Crippen LogP contribution >= 0.6 is 0 Å². The molecule has 8 nitrogen and oxygen atoms in total. The number of urea groups is 1. The molecule has 0 aliphatic carbocycles. The van der Waals surface area contributed by atoms with Crippen molar-refractivity contribution in [2.45, 2.75) is 51.3 Å². The molecule has 2 aromatic carbocycles. The van der Waals surface area contributed by atoms with E-state index in [0.717, 1.165) is 64.3 Å². The second-order valence-electron chi connectivity index (χ2n) is 9.39. The van der Waals surface area contributed by atoms with Crippen LogP contribution in [0, 0.1) is 20.8 Å². The summed E-state index contributed by atoms with van der Waals surface area (Å²) in [6.45, 7) is 10.0. The summed E-state index contributed by atoms with van der Waals surface area (Å²) < 4.78 is 29.0. The zero-order valence-electron chi connectivity index (χ0n) is 22.0. The van der Waals surface area contributed by atoms with E-state index < -0.39 is 16.1 Å². The Bertz CT molecular complexity index is 1560. The van der Waals surface area contributed by atoms with Gasteiger partial charge in [-0.05, 0) is 81.5 Å². The number of hydrogen-bond donors (Lipinski definition) is 2. The fourth-order valence-corrected chi connectivity index (χ4v) is 5.24. The fourth-order valence-electron chi connectivity index (χ4n) is 4.32. The summed E-state index contributed by atoms with van der Waals surface area (Å²) in [7, 11) is -3.92. The summed E-state index contributed by atoms with van der Waals surface area (Å²) in [6.07, 6.45) is 5.15. The maximum Gasteiger partial charge on any atom is 0.328 e. The zero-order valence-corrected chi connectivity index (χ0v) is 22.8. The number of aryl methyl sites for hydroxylation is 4. The Balaban J connectivity index is 1.43. The van der Waals surface area contributed by atoms with Crippen molar-refractivity contribution in [3.8, 4) is 5.69 Å². The molecule has 2 N–H and O–H groups in total. The van der Waals surface area contributed by atoms with Gasteiger partial charge in [0.1, 0.15) is 11.3 Å². The third-order valence-corrected chi connectivity index (χ3v) is 7.61. The maximum atomic E-state index is 12.4. The van der Waals surface area contributed by atoms with Gasteiger partial charge < -0.3 is 5.32 Å². The van der Waals surface area contributed by atoms with E-state index in [0.29, 0.717) is 6.42 Å². The molecular weight excluding hydrogens is 498 g/mol. The topological polar surface area (TPSA) is 106 Å². The number of benzene rings is 2. The van der Waals surface area contributed by atoms with Crippen molar-refractivity contribution in [3.05, 3.63) is 95.5 Å². The van der Waals surface area contributed by atoms with Gasteiger partial charge in [-0.3, -0.25) is 4.57 Å². The van der Waals surface area contributed by atoms with Gasteiger partial charge in [0.15, 0.2) is 5.65 Å². The van der Waals surface area contributed by atoms with Crippen LogP contribution in [-0.2, 0) is 22.9 Å². The number of amides is 2. The smallest absolute Gasteiger partial charge is 0.328 e. The number of imidazole rings is 1. The standard InChI is InChI=1S/C29H33N5O3S/c1-5-6-7-8-26-32-27-21(3)19-22(4)31-28(27)34(26)24-13-11-23(12-14-24)17-18-30-29(35)33-38(36,37)25-15-9-20(2)10-16-25/h5,9-16,19H,1,6-8,17-18H2,2-4H3,(H2,30,33,35). The summed E-state index contributed by atoms with van der Waals surface area (Å²) in [5.41, 5.74) is 6.71. The van der Waals surface area contributed by atoms with Gasteiger partial charge in [-0.25, -0.2) is 27.9 Å². The molecule has 0 saturated carbocycles. The van der Waals surface area contributed by atoms with Gasteiger partial charge in [0.05, 0.1) is 4.90 Å². The van der Waals surface area contributed by atoms with E-state index in [9.17, 15) is 13.2 Å². The van der Waals surface area contributed by atoms with Crippen molar-refractivity contribution < 1.29 is 13.2 Å². The molecule has 4 rings (SSSR count). The van der Waals surface area contributed by atoms with Gasteiger partial charge in [-0.15, -0.1) is 6.58 Å². The maximum absolute atomic E-state index is 12.4. The van der Waals surface area contributed by atoms with Gasteiger partial charge in [0, 0.05) is 24.3 Å². The van der Waals surface area contributed by atoms with Crippen molar-refractivity contribution >= 4 is 27.2 Å². The minimum Gasteiger partial charge on any atom is -0.337 e. The van der Waals surface area contributed by atoms with Crippen molar-refractivity contribution in [1.82, 2.24) is 24.6 Å². The SMILES string of the molecule is C=CCCCc1nc2c(C)cc(C)nc2n1-c1ccc(CCNC(=O)NS(=O)(=O)c2ccc(C)cc2)cc1. The summed E-state index contributed by atoms with van der Waals surface area (Å²) >= 11 is 0. The van der Waals surface area contributed by atoms with Crippen LogP contribution in [0.1, 0.15) is 41.1 Å². The number of rotatable bonds is 10. The van der Waals surface area contributed by atoms with Crippen molar-refractivity contribution in [2.24, 2.45) is 0 Å². The van der Waals surface area contributed by atoms with E-state index in [1.54, 1.807) is 12.1 Å². The van der Waals surface area contributed by atoms with Crippen LogP contribution in [0.25, 0.3) is 16.9 Å². The van der Waals surface area contributed by atoms with Crippen LogP contribution in [0.2, 0.25) is 0 Å². The number of pyridine rings is 1. The third kappa shape index (κ3) is 6.28. The first-order chi connectivity index (χ1) is 18.2. The molecule has 0 aliphatic heterocycles. The van der Waals surface area contributed by atoms with Crippen LogP contribution in [0.4, 0.5) is 4.79 Å². The number of carbonyl (C=O) groups is 1. The summed E-state index contributed by atoms with van der Waals surface area (Å²) in [5, 5.41) is 2.62. The monoisotopic (exact) mass is 531 g/mol. The second kappa shape index (κ2) is 11.6. The Morgan fingerprint density at radius 1 is 1.00 bits per heavy atom. The lowest BCUT2D eigenvalue weighted by atomic mass is 10.1. The highest BCUT2D eigenvalue weighted by Crippen LogP contribution is 2.25. The van der Waals surface area contributed by atoms with E-state index in [1.807, 2.05) is 50.3 Å². The van der Waals surface area contributed by atoms with E-state index >= 15 is 0 Å². The number of allylic oxidation sites excluding steroid dienone is 1. The van der Waals surface area contributed by atoms with Crippen molar-refractivity contribution in [3.63, 3.8) is 0 Å². The molecule has 0 bridgehead atoms. The van der Waals surface area contributed by atoms with Crippen molar-refractivity contribution in [1.29, 1.82) is 0 Å². The highest BCUT2D eigenvalue weighted by Gasteiger charge is 2.18. The van der Waals surface area contributed by atoms with Crippen LogP contribution in [0.3, 0.4) is 0 Å². The van der Waals surface area contributed by atoms with Gasteiger partial charge in [0.2, 0.25) is 0 Å². The Kier molecular flexibility index (Phi) is 8.26. The molecule has 0 unspecified atom stereocenters. The molecule has 2 amide bonds. The molecule has 4 aromatic rings. The van der Waals surface area contributed by atoms with Crippen molar-refractivity contribution in [2.75, 3.05) is 6.54 Å². The van der Waals surface area contributed by atoms with E-state index in [1.165, 1.54) is 12.1 Å².